The molecule has 2 aromatic heterocycles. The Labute approximate surface area is 141 Å². The fraction of sp³-hybridized carbons (Fsp3) is 0.250. The van der Waals surface area contributed by atoms with E-state index in [0.29, 0.717) is 18.8 Å². The molecule has 3 aromatic rings. The second-order valence-corrected chi connectivity index (χ2v) is 5.41. The third kappa shape index (κ3) is 3.05. The average Bonchev–Trinajstić information content (AvgIpc) is 3.00. The Bertz CT molecular complexity index is 823. The zero-order chi connectivity index (χ0) is 16.9. The molecule has 4 heteroatoms. The number of carbonyl (C=O) groups is 1. The molecule has 0 aliphatic heterocycles. The summed E-state index contributed by atoms with van der Waals surface area (Å²) in [6.07, 6.45) is 1.71. The molecule has 124 valence electrons. The average molecular weight is 323 g/mol. The van der Waals surface area contributed by atoms with E-state index in [0.717, 1.165) is 16.8 Å². The second kappa shape index (κ2) is 7.32. The van der Waals surface area contributed by atoms with Crippen LogP contribution in [0.15, 0.2) is 60.8 Å². The van der Waals surface area contributed by atoms with E-state index in [-0.39, 0.29) is 12.1 Å². The summed E-state index contributed by atoms with van der Waals surface area (Å²) < 4.78 is 13.2. The van der Waals surface area contributed by atoms with Gasteiger partial charge in [0.15, 0.2) is 0 Å². The van der Waals surface area contributed by atoms with E-state index in [1.807, 2.05) is 79.0 Å². The first kappa shape index (κ1) is 16.3. The number of benzene rings is 1. The molecule has 2 heterocycles. The Morgan fingerprint density at radius 2 is 1.79 bits per heavy atom. The van der Waals surface area contributed by atoms with Crippen LogP contribution in [0.4, 0.5) is 0 Å². The predicted molar refractivity (Wildman–Crippen MR) is 93.3 cm³/mol. The Morgan fingerprint density at radius 1 is 1.04 bits per heavy atom. The molecule has 4 nitrogen and oxygen atoms in total. The van der Waals surface area contributed by atoms with Crippen molar-refractivity contribution < 1.29 is 14.3 Å². The van der Waals surface area contributed by atoms with Crippen molar-refractivity contribution in [2.75, 3.05) is 13.2 Å². The fourth-order valence-corrected chi connectivity index (χ4v) is 2.90. The molecular formula is C20H21NO3. The standard InChI is InChI=1S/C20H21NO3/c1-3-23-19(15-10-6-5-7-11-15)18-14-16(20(22)24-4-2)17-12-8-9-13-21(17)18/h5-14,19H,3-4H2,1-2H3/t19-/m0/s1. The van der Waals surface area contributed by atoms with Gasteiger partial charge in [0.25, 0.3) is 0 Å². The molecule has 0 saturated carbocycles. The first-order chi connectivity index (χ1) is 11.8. The number of carbonyl (C=O) groups excluding carboxylic acids is 1. The number of ether oxygens (including phenoxy) is 2. The van der Waals surface area contributed by atoms with Crippen molar-refractivity contribution >= 4 is 11.5 Å². The number of hydrogen-bond acceptors (Lipinski definition) is 3. The molecule has 0 fully saturated rings. The van der Waals surface area contributed by atoms with E-state index in [1.54, 1.807) is 0 Å². The van der Waals surface area contributed by atoms with Crippen LogP contribution in [-0.4, -0.2) is 23.6 Å². The molecule has 0 spiro atoms. The van der Waals surface area contributed by atoms with E-state index >= 15 is 0 Å². The van der Waals surface area contributed by atoms with Crippen LogP contribution in [0.3, 0.4) is 0 Å². The van der Waals surface area contributed by atoms with E-state index in [9.17, 15) is 4.79 Å². The number of aromatic nitrogens is 1. The summed E-state index contributed by atoms with van der Waals surface area (Å²) in [5, 5.41) is 0. The lowest BCUT2D eigenvalue weighted by molar-refractivity contribution is 0.0528. The van der Waals surface area contributed by atoms with Crippen LogP contribution in [0.2, 0.25) is 0 Å². The van der Waals surface area contributed by atoms with Crippen LogP contribution in [0.1, 0.15) is 41.6 Å². The molecule has 24 heavy (non-hydrogen) atoms. The van der Waals surface area contributed by atoms with Gasteiger partial charge < -0.3 is 13.9 Å². The minimum atomic E-state index is -0.309. The van der Waals surface area contributed by atoms with Gasteiger partial charge in [0.05, 0.1) is 23.4 Å². The van der Waals surface area contributed by atoms with Crippen molar-refractivity contribution in [3.05, 3.63) is 77.6 Å². The lowest BCUT2D eigenvalue weighted by Crippen LogP contribution is -2.08. The monoisotopic (exact) mass is 323 g/mol. The van der Waals surface area contributed by atoms with Crippen LogP contribution in [0.5, 0.6) is 0 Å². The minimum absolute atomic E-state index is 0.241. The van der Waals surface area contributed by atoms with E-state index < -0.39 is 0 Å². The summed E-state index contributed by atoms with van der Waals surface area (Å²) in [6.45, 7) is 4.71. The lowest BCUT2D eigenvalue weighted by Gasteiger charge is -2.17. The quantitative estimate of drug-likeness (QED) is 0.637. The van der Waals surface area contributed by atoms with Gasteiger partial charge in [-0.25, -0.2) is 4.79 Å². The molecular weight excluding hydrogens is 302 g/mol. The van der Waals surface area contributed by atoms with Gasteiger partial charge in [-0.15, -0.1) is 0 Å². The van der Waals surface area contributed by atoms with Crippen LogP contribution < -0.4 is 0 Å². The maximum atomic E-state index is 12.3. The molecule has 1 atom stereocenters. The summed E-state index contributed by atoms with van der Waals surface area (Å²) in [6, 6.07) is 17.7. The number of fused-ring (bicyclic) bond motifs is 1. The molecule has 0 saturated heterocycles. The van der Waals surface area contributed by atoms with Gasteiger partial charge >= 0.3 is 5.97 Å². The van der Waals surface area contributed by atoms with Crippen LogP contribution in [0, 0.1) is 0 Å². The largest absolute Gasteiger partial charge is 0.462 e. The van der Waals surface area contributed by atoms with Crippen molar-refractivity contribution in [2.45, 2.75) is 20.0 Å². The molecule has 0 radical (unpaired) electrons. The second-order valence-electron chi connectivity index (χ2n) is 5.41. The highest BCUT2D eigenvalue weighted by Gasteiger charge is 2.23. The highest BCUT2D eigenvalue weighted by atomic mass is 16.5. The third-order valence-corrected chi connectivity index (χ3v) is 3.91. The number of esters is 1. The Hall–Kier alpha value is -2.59. The minimum Gasteiger partial charge on any atom is -0.462 e. The first-order valence-electron chi connectivity index (χ1n) is 8.19. The van der Waals surface area contributed by atoms with Gasteiger partial charge in [-0.05, 0) is 37.6 Å². The predicted octanol–water partition coefficient (Wildman–Crippen LogP) is 4.24. The Balaban J connectivity index is 2.15. The van der Waals surface area contributed by atoms with E-state index in [2.05, 4.69) is 0 Å². The highest BCUT2D eigenvalue weighted by Crippen LogP contribution is 2.30. The van der Waals surface area contributed by atoms with Crippen molar-refractivity contribution in [3.63, 3.8) is 0 Å². The molecule has 0 aliphatic carbocycles. The molecule has 0 aliphatic rings. The van der Waals surface area contributed by atoms with Crippen molar-refractivity contribution in [3.8, 4) is 0 Å². The highest BCUT2D eigenvalue weighted by molar-refractivity contribution is 5.97. The number of pyridine rings is 1. The zero-order valence-corrected chi connectivity index (χ0v) is 13.9. The Kier molecular flexibility index (Phi) is 4.96. The summed E-state index contributed by atoms with van der Waals surface area (Å²) >= 11 is 0. The summed E-state index contributed by atoms with van der Waals surface area (Å²) in [7, 11) is 0. The summed E-state index contributed by atoms with van der Waals surface area (Å²) in [4.78, 5) is 12.3. The zero-order valence-electron chi connectivity index (χ0n) is 13.9. The normalized spacial score (nSPS) is 12.2. The number of hydrogen-bond donors (Lipinski definition) is 0. The van der Waals surface area contributed by atoms with Gasteiger partial charge in [-0.3, -0.25) is 0 Å². The third-order valence-electron chi connectivity index (χ3n) is 3.91. The number of nitrogens with zero attached hydrogens (tertiary/aromatic N) is 1. The topological polar surface area (TPSA) is 39.9 Å². The maximum absolute atomic E-state index is 12.3. The van der Waals surface area contributed by atoms with E-state index in [4.69, 9.17) is 9.47 Å². The molecule has 1 aromatic carbocycles. The lowest BCUT2D eigenvalue weighted by atomic mass is 10.1. The van der Waals surface area contributed by atoms with Gasteiger partial charge in [-0.1, -0.05) is 36.4 Å². The van der Waals surface area contributed by atoms with Gasteiger partial charge in [-0.2, -0.15) is 0 Å². The van der Waals surface area contributed by atoms with Gasteiger partial charge in [0.1, 0.15) is 6.10 Å². The smallest absolute Gasteiger partial charge is 0.340 e. The molecule has 0 unspecified atom stereocenters. The number of rotatable bonds is 6. The van der Waals surface area contributed by atoms with Gasteiger partial charge in [0, 0.05) is 12.8 Å². The molecule has 0 N–H and O–H groups in total. The fourth-order valence-electron chi connectivity index (χ4n) is 2.90. The van der Waals surface area contributed by atoms with Crippen LogP contribution >= 0.6 is 0 Å². The van der Waals surface area contributed by atoms with Crippen molar-refractivity contribution in [2.24, 2.45) is 0 Å². The SMILES string of the molecule is CCOC(=O)c1cc([C@@H](OCC)c2ccccc2)n2ccccc12. The first-order valence-corrected chi connectivity index (χ1v) is 8.19. The maximum Gasteiger partial charge on any atom is 0.340 e. The summed E-state index contributed by atoms with van der Waals surface area (Å²) in [5.41, 5.74) is 3.36. The van der Waals surface area contributed by atoms with Crippen LogP contribution in [0.25, 0.3) is 5.52 Å². The van der Waals surface area contributed by atoms with Crippen molar-refractivity contribution in [1.82, 2.24) is 4.40 Å². The Morgan fingerprint density at radius 3 is 2.50 bits per heavy atom. The van der Waals surface area contributed by atoms with E-state index in [1.165, 1.54) is 0 Å². The van der Waals surface area contributed by atoms with Crippen molar-refractivity contribution in [1.29, 1.82) is 0 Å². The van der Waals surface area contributed by atoms with Crippen LogP contribution in [-0.2, 0) is 9.47 Å². The molecule has 0 amide bonds. The van der Waals surface area contributed by atoms with Gasteiger partial charge in [0.2, 0.25) is 0 Å². The molecule has 3 rings (SSSR count). The molecule has 0 bridgehead atoms. The summed E-state index contributed by atoms with van der Waals surface area (Å²) in [5.74, 6) is -0.309.